The highest BCUT2D eigenvalue weighted by molar-refractivity contribution is 4.96. The molecule has 0 N–H and O–H groups in total. The molecule has 0 fully saturated rings. The Bertz CT molecular complexity index is 419. The fourth-order valence-corrected chi connectivity index (χ4v) is 5.39. The minimum Gasteiger partial charge on any atom is -0.356 e. The molecule has 0 spiro atoms. The van der Waals surface area contributed by atoms with Crippen molar-refractivity contribution >= 4 is 0 Å². The van der Waals surface area contributed by atoms with E-state index >= 15 is 0 Å². The molecule has 0 saturated carbocycles. The summed E-state index contributed by atoms with van der Waals surface area (Å²) in [7, 11) is 0. The molecule has 1 atom stereocenters. The van der Waals surface area contributed by atoms with Crippen LogP contribution in [0.4, 0.5) is 0 Å². The molecular formula is C31H62N2. The highest BCUT2D eigenvalue weighted by Gasteiger charge is 2.23. The van der Waals surface area contributed by atoms with Crippen molar-refractivity contribution in [1.82, 2.24) is 9.80 Å². The zero-order chi connectivity index (χ0) is 23.8. The first-order valence-electron chi connectivity index (χ1n) is 15.5. The Hall–Kier alpha value is -0.660. The average molecular weight is 463 g/mol. The summed E-state index contributed by atoms with van der Waals surface area (Å²) in [5, 5.41) is 0. The summed E-state index contributed by atoms with van der Waals surface area (Å²) in [5.74, 6) is 0. The largest absolute Gasteiger partial charge is 0.356 e. The van der Waals surface area contributed by atoms with Crippen LogP contribution in [0, 0.1) is 0 Å². The Morgan fingerprint density at radius 1 is 0.394 bits per heavy atom. The third kappa shape index (κ3) is 16.6. The molecule has 1 rings (SSSR count). The maximum atomic E-state index is 2.62. The molecule has 1 aliphatic rings. The summed E-state index contributed by atoms with van der Waals surface area (Å²) >= 11 is 0. The molecule has 2 heteroatoms. The van der Waals surface area contributed by atoms with Crippen molar-refractivity contribution < 1.29 is 0 Å². The van der Waals surface area contributed by atoms with E-state index in [1.165, 1.54) is 161 Å². The SMILES string of the molecule is CCCCCCCCCCCCCCCN1C=CN(CCCCCCCCCCC)C1CC. The highest BCUT2D eigenvalue weighted by atomic mass is 15.4. The van der Waals surface area contributed by atoms with Gasteiger partial charge < -0.3 is 9.80 Å². The van der Waals surface area contributed by atoms with Crippen LogP contribution in [0.1, 0.15) is 168 Å². The van der Waals surface area contributed by atoms with Gasteiger partial charge in [-0.15, -0.1) is 0 Å². The van der Waals surface area contributed by atoms with Crippen molar-refractivity contribution in [1.29, 1.82) is 0 Å². The van der Waals surface area contributed by atoms with Gasteiger partial charge in [0.2, 0.25) is 0 Å². The van der Waals surface area contributed by atoms with Crippen molar-refractivity contribution in [2.24, 2.45) is 0 Å². The van der Waals surface area contributed by atoms with Gasteiger partial charge in [-0.05, 0) is 19.3 Å². The number of unbranched alkanes of at least 4 members (excludes halogenated alkanes) is 20. The molecule has 0 aromatic carbocycles. The number of hydrogen-bond acceptors (Lipinski definition) is 2. The molecule has 0 aromatic heterocycles. The lowest BCUT2D eigenvalue weighted by Gasteiger charge is -2.32. The minimum absolute atomic E-state index is 0.622. The van der Waals surface area contributed by atoms with Crippen molar-refractivity contribution in [2.75, 3.05) is 13.1 Å². The van der Waals surface area contributed by atoms with Crippen LogP contribution in [0.2, 0.25) is 0 Å². The topological polar surface area (TPSA) is 6.48 Å². The Morgan fingerprint density at radius 2 is 0.667 bits per heavy atom. The summed E-state index contributed by atoms with van der Waals surface area (Å²) < 4.78 is 0. The van der Waals surface area contributed by atoms with E-state index in [-0.39, 0.29) is 0 Å². The van der Waals surface area contributed by atoms with Gasteiger partial charge in [-0.25, -0.2) is 0 Å². The highest BCUT2D eigenvalue weighted by Crippen LogP contribution is 2.21. The Balaban J connectivity index is 1.94. The predicted molar refractivity (Wildman–Crippen MR) is 150 cm³/mol. The van der Waals surface area contributed by atoms with Crippen LogP contribution < -0.4 is 0 Å². The van der Waals surface area contributed by atoms with Gasteiger partial charge in [-0.2, -0.15) is 0 Å². The fraction of sp³-hybridized carbons (Fsp3) is 0.935. The van der Waals surface area contributed by atoms with Gasteiger partial charge in [-0.3, -0.25) is 0 Å². The molecular weight excluding hydrogens is 400 g/mol. The monoisotopic (exact) mass is 462 g/mol. The van der Waals surface area contributed by atoms with E-state index in [0.29, 0.717) is 6.17 Å². The molecule has 33 heavy (non-hydrogen) atoms. The van der Waals surface area contributed by atoms with Crippen LogP contribution in [0.15, 0.2) is 12.4 Å². The number of nitrogens with zero attached hydrogens (tertiary/aromatic N) is 2. The van der Waals surface area contributed by atoms with E-state index < -0.39 is 0 Å². The molecule has 2 nitrogen and oxygen atoms in total. The lowest BCUT2D eigenvalue weighted by Crippen LogP contribution is -2.38. The van der Waals surface area contributed by atoms with E-state index in [2.05, 4.69) is 43.0 Å². The molecule has 1 aliphatic heterocycles. The molecule has 0 amide bonds. The first kappa shape index (κ1) is 30.4. The summed E-state index contributed by atoms with van der Waals surface area (Å²) in [6, 6.07) is 0. The summed E-state index contributed by atoms with van der Waals surface area (Å²) in [5.41, 5.74) is 0. The maximum Gasteiger partial charge on any atom is 0.100 e. The van der Waals surface area contributed by atoms with Crippen LogP contribution in [0.5, 0.6) is 0 Å². The van der Waals surface area contributed by atoms with Gasteiger partial charge >= 0.3 is 0 Å². The average Bonchev–Trinajstić information content (AvgIpc) is 3.22. The molecule has 1 heterocycles. The first-order valence-corrected chi connectivity index (χ1v) is 15.5. The molecule has 0 saturated heterocycles. The number of hydrogen-bond donors (Lipinski definition) is 0. The third-order valence-electron chi connectivity index (χ3n) is 7.62. The summed E-state index contributed by atoms with van der Waals surface area (Å²) in [6.45, 7) is 9.47. The lowest BCUT2D eigenvalue weighted by molar-refractivity contribution is 0.144. The van der Waals surface area contributed by atoms with Crippen LogP contribution in [0.3, 0.4) is 0 Å². The Labute approximate surface area is 210 Å². The van der Waals surface area contributed by atoms with Crippen molar-refractivity contribution in [3.63, 3.8) is 0 Å². The molecule has 0 bridgehead atoms. The van der Waals surface area contributed by atoms with Crippen molar-refractivity contribution in [3.05, 3.63) is 12.4 Å². The fourth-order valence-electron chi connectivity index (χ4n) is 5.39. The smallest absolute Gasteiger partial charge is 0.100 e. The molecule has 1 unspecified atom stereocenters. The van der Waals surface area contributed by atoms with E-state index in [1.807, 2.05) is 0 Å². The quantitative estimate of drug-likeness (QED) is 0.124. The second-order valence-electron chi connectivity index (χ2n) is 10.7. The Morgan fingerprint density at radius 3 is 0.939 bits per heavy atom. The van der Waals surface area contributed by atoms with Gasteiger partial charge in [-0.1, -0.05) is 149 Å². The minimum atomic E-state index is 0.622. The van der Waals surface area contributed by atoms with E-state index in [4.69, 9.17) is 0 Å². The summed E-state index contributed by atoms with van der Waals surface area (Å²) in [4.78, 5) is 5.23. The maximum absolute atomic E-state index is 2.62. The van der Waals surface area contributed by atoms with Gasteiger partial charge in [0.1, 0.15) is 6.17 Å². The zero-order valence-electron chi connectivity index (χ0n) is 23.3. The van der Waals surface area contributed by atoms with Gasteiger partial charge in [0.25, 0.3) is 0 Å². The van der Waals surface area contributed by atoms with E-state index in [0.717, 1.165) is 0 Å². The van der Waals surface area contributed by atoms with Crippen LogP contribution >= 0.6 is 0 Å². The molecule has 0 aliphatic carbocycles. The van der Waals surface area contributed by atoms with Crippen molar-refractivity contribution in [2.45, 2.75) is 175 Å². The third-order valence-corrected chi connectivity index (χ3v) is 7.62. The van der Waals surface area contributed by atoms with Gasteiger partial charge in [0, 0.05) is 25.5 Å². The van der Waals surface area contributed by atoms with Crippen molar-refractivity contribution in [3.8, 4) is 0 Å². The van der Waals surface area contributed by atoms with E-state index in [9.17, 15) is 0 Å². The second kappa shape index (κ2) is 23.1. The molecule has 196 valence electrons. The first-order chi connectivity index (χ1) is 16.3. The standard InChI is InChI=1S/C31H62N2/c1-4-7-9-11-13-15-16-17-18-20-22-24-26-28-33-30-29-32(31(33)6-3)27-25-23-21-19-14-12-10-8-5-2/h29-31H,4-28H2,1-3H3. The van der Waals surface area contributed by atoms with Crippen LogP contribution in [-0.2, 0) is 0 Å². The van der Waals surface area contributed by atoms with Gasteiger partial charge in [0.05, 0.1) is 0 Å². The molecule has 0 aromatic rings. The molecule has 0 radical (unpaired) electrons. The normalized spacial score (nSPS) is 15.8. The van der Waals surface area contributed by atoms with Crippen LogP contribution in [0.25, 0.3) is 0 Å². The zero-order valence-corrected chi connectivity index (χ0v) is 23.3. The van der Waals surface area contributed by atoms with E-state index in [1.54, 1.807) is 0 Å². The second-order valence-corrected chi connectivity index (χ2v) is 10.7. The van der Waals surface area contributed by atoms with Gasteiger partial charge in [0.15, 0.2) is 0 Å². The van der Waals surface area contributed by atoms with Crippen LogP contribution in [-0.4, -0.2) is 29.1 Å². The lowest BCUT2D eigenvalue weighted by atomic mass is 10.0. The predicted octanol–water partition coefficient (Wildman–Crippen LogP) is 10.4. The Kier molecular flexibility index (Phi) is 21.3. The summed E-state index contributed by atoms with van der Waals surface area (Å²) in [6.07, 6.45) is 38.1. The number of rotatable bonds is 25.